The van der Waals surface area contributed by atoms with E-state index >= 15 is 0 Å². The normalized spacial score (nSPS) is 10.5. The Labute approximate surface area is 188 Å². The van der Waals surface area contributed by atoms with Crippen LogP contribution in [0.5, 0.6) is 11.5 Å². The molecule has 0 unspecified atom stereocenters. The van der Waals surface area contributed by atoms with Crippen LogP contribution in [-0.4, -0.2) is 9.97 Å². The number of nitriles is 1. The molecule has 0 aliphatic carbocycles. The van der Waals surface area contributed by atoms with Crippen molar-refractivity contribution in [3.8, 4) is 40.0 Å². The summed E-state index contributed by atoms with van der Waals surface area (Å²) in [7, 11) is 0. The van der Waals surface area contributed by atoms with Crippen molar-refractivity contribution in [1.29, 1.82) is 5.26 Å². The van der Waals surface area contributed by atoms with Crippen LogP contribution in [0.25, 0.3) is 22.4 Å². The molecule has 0 saturated carbocycles. The molecule has 146 valence electrons. The fourth-order valence-corrected chi connectivity index (χ4v) is 3.50. The Hall–Kier alpha value is -3.10. The third kappa shape index (κ3) is 4.10. The molecule has 4 aromatic rings. The maximum Gasteiger partial charge on any atom is 0.156 e. The lowest BCUT2D eigenvalue weighted by atomic mass is 9.96. The molecule has 4 rings (SSSR count). The molecule has 2 aromatic heterocycles. The molecule has 2 aromatic carbocycles. The van der Waals surface area contributed by atoms with Gasteiger partial charge in [0, 0.05) is 34.1 Å². The van der Waals surface area contributed by atoms with E-state index in [4.69, 9.17) is 39.5 Å². The summed E-state index contributed by atoms with van der Waals surface area (Å²) in [6.45, 7) is 0. The fraction of sp³-hybridized carbons (Fsp3) is 0. The number of halogens is 3. The summed E-state index contributed by atoms with van der Waals surface area (Å²) in [5, 5.41) is 11.3. The summed E-state index contributed by atoms with van der Waals surface area (Å²) in [6, 6.07) is 18.3. The van der Waals surface area contributed by atoms with E-state index in [-0.39, 0.29) is 5.56 Å². The standard InChI is InChI=1S/C23H12Cl3N3O/c24-16-7-5-14(6-8-16)21-22(19-3-1-2-4-20(19)26)29-11-15(10-27)23(21)30-18-9-17(25)12-28-13-18/h1-9,11-13H. The van der Waals surface area contributed by atoms with Gasteiger partial charge in [-0.15, -0.1) is 0 Å². The number of ether oxygens (including phenoxy) is 1. The Bertz CT molecular complexity index is 1270. The van der Waals surface area contributed by atoms with Gasteiger partial charge in [-0.3, -0.25) is 9.97 Å². The molecule has 0 fully saturated rings. The van der Waals surface area contributed by atoms with Gasteiger partial charge in [0.15, 0.2) is 5.75 Å². The highest BCUT2D eigenvalue weighted by Crippen LogP contribution is 2.43. The van der Waals surface area contributed by atoms with E-state index in [1.54, 1.807) is 24.3 Å². The zero-order valence-corrected chi connectivity index (χ0v) is 17.6. The molecular weight excluding hydrogens is 441 g/mol. The Balaban J connectivity index is 2.01. The van der Waals surface area contributed by atoms with E-state index in [1.165, 1.54) is 18.6 Å². The van der Waals surface area contributed by atoms with Crippen molar-refractivity contribution in [2.75, 3.05) is 0 Å². The minimum absolute atomic E-state index is 0.260. The van der Waals surface area contributed by atoms with Crippen molar-refractivity contribution in [2.45, 2.75) is 0 Å². The quantitative estimate of drug-likeness (QED) is 0.323. The number of benzene rings is 2. The van der Waals surface area contributed by atoms with Gasteiger partial charge in [-0.05, 0) is 23.8 Å². The predicted molar refractivity (Wildman–Crippen MR) is 119 cm³/mol. The van der Waals surface area contributed by atoms with Gasteiger partial charge in [0.25, 0.3) is 0 Å². The first-order valence-corrected chi connectivity index (χ1v) is 9.92. The molecule has 30 heavy (non-hydrogen) atoms. The van der Waals surface area contributed by atoms with Crippen LogP contribution in [-0.2, 0) is 0 Å². The number of aromatic nitrogens is 2. The van der Waals surface area contributed by atoms with Gasteiger partial charge in [0.1, 0.15) is 17.4 Å². The van der Waals surface area contributed by atoms with Crippen LogP contribution < -0.4 is 4.74 Å². The van der Waals surface area contributed by atoms with Crippen LogP contribution in [0.1, 0.15) is 5.56 Å². The Morgan fingerprint density at radius 2 is 1.63 bits per heavy atom. The van der Waals surface area contributed by atoms with Gasteiger partial charge in [0.2, 0.25) is 0 Å². The second-order valence-electron chi connectivity index (χ2n) is 6.26. The molecule has 0 aliphatic rings. The molecule has 0 atom stereocenters. The zero-order chi connectivity index (χ0) is 21.1. The number of hydrogen-bond donors (Lipinski definition) is 0. The van der Waals surface area contributed by atoms with Crippen LogP contribution in [0.3, 0.4) is 0 Å². The van der Waals surface area contributed by atoms with Crippen LogP contribution >= 0.6 is 34.8 Å². The van der Waals surface area contributed by atoms with Gasteiger partial charge in [-0.2, -0.15) is 5.26 Å². The lowest BCUT2D eigenvalue weighted by molar-refractivity contribution is 0.480. The Morgan fingerprint density at radius 3 is 2.33 bits per heavy atom. The van der Waals surface area contributed by atoms with Crippen molar-refractivity contribution in [1.82, 2.24) is 9.97 Å². The highest BCUT2D eigenvalue weighted by atomic mass is 35.5. The van der Waals surface area contributed by atoms with Gasteiger partial charge < -0.3 is 4.74 Å². The summed E-state index contributed by atoms with van der Waals surface area (Å²) in [5.41, 5.74) is 2.92. The van der Waals surface area contributed by atoms with Crippen molar-refractivity contribution in [3.63, 3.8) is 0 Å². The van der Waals surface area contributed by atoms with Gasteiger partial charge in [-0.1, -0.05) is 65.1 Å². The molecule has 0 N–H and O–H groups in total. The molecule has 2 heterocycles. The van der Waals surface area contributed by atoms with Crippen molar-refractivity contribution in [2.24, 2.45) is 0 Å². The molecule has 0 radical (unpaired) electrons. The van der Waals surface area contributed by atoms with Crippen LogP contribution in [0.4, 0.5) is 0 Å². The molecule has 0 spiro atoms. The van der Waals surface area contributed by atoms with E-state index < -0.39 is 0 Å². The van der Waals surface area contributed by atoms with Crippen LogP contribution in [0.15, 0.2) is 73.2 Å². The Kier molecular flexibility index (Phi) is 5.87. The van der Waals surface area contributed by atoms with E-state index in [2.05, 4.69) is 16.0 Å². The first-order chi connectivity index (χ1) is 14.6. The SMILES string of the molecule is N#Cc1cnc(-c2ccccc2Cl)c(-c2ccc(Cl)cc2)c1Oc1cncc(Cl)c1. The van der Waals surface area contributed by atoms with Gasteiger partial charge >= 0.3 is 0 Å². The third-order valence-electron chi connectivity index (χ3n) is 4.31. The first kappa shape index (κ1) is 20.2. The average Bonchev–Trinajstić information content (AvgIpc) is 2.75. The number of nitrogens with zero attached hydrogens (tertiary/aromatic N) is 3. The van der Waals surface area contributed by atoms with Gasteiger partial charge in [0.05, 0.1) is 22.5 Å². The molecule has 0 aliphatic heterocycles. The number of pyridine rings is 2. The highest BCUT2D eigenvalue weighted by molar-refractivity contribution is 6.33. The third-order valence-corrected chi connectivity index (χ3v) is 5.10. The molecular formula is C23H12Cl3N3O. The monoisotopic (exact) mass is 451 g/mol. The van der Waals surface area contributed by atoms with Crippen LogP contribution in [0, 0.1) is 11.3 Å². The molecule has 0 saturated heterocycles. The topological polar surface area (TPSA) is 58.8 Å². The molecule has 0 amide bonds. The lowest BCUT2D eigenvalue weighted by Crippen LogP contribution is -1.98. The maximum atomic E-state index is 9.72. The summed E-state index contributed by atoms with van der Waals surface area (Å²) in [4.78, 5) is 8.59. The van der Waals surface area contributed by atoms with E-state index in [0.29, 0.717) is 43.4 Å². The second kappa shape index (κ2) is 8.73. The summed E-state index contributed by atoms with van der Waals surface area (Å²) >= 11 is 18.6. The maximum absolute atomic E-state index is 9.72. The summed E-state index contributed by atoms with van der Waals surface area (Å²) < 4.78 is 6.11. The second-order valence-corrected chi connectivity index (χ2v) is 7.54. The largest absolute Gasteiger partial charge is 0.453 e. The Morgan fingerprint density at radius 1 is 0.867 bits per heavy atom. The van der Waals surface area contributed by atoms with Crippen molar-refractivity contribution >= 4 is 34.8 Å². The average molecular weight is 453 g/mol. The number of rotatable bonds is 4. The minimum atomic E-state index is 0.260. The molecule has 0 bridgehead atoms. The summed E-state index contributed by atoms with van der Waals surface area (Å²) in [6.07, 6.45) is 4.49. The first-order valence-electron chi connectivity index (χ1n) is 8.79. The molecule has 7 heteroatoms. The number of hydrogen-bond acceptors (Lipinski definition) is 4. The van der Waals surface area contributed by atoms with Crippen molar-refractivity contribution < 1.29 is 4.74 Å². The fourth-order valence-electron chi connectivity index (χ4n) is 2.99. The van der Waals surface area contributed by atoms with Crippen molar-refractivity contribution in [3.05, 3.63) is 93.8 Å². The van der Waals surface area contributed by atoms with E-state index in [0.717, 1.165) is 5.56 Å². The smallest absolute Gasteiger partial charge is 0.156 e. The van der Waals surface area contributed by atoms with E-state index in [9.17, 15) is 5.26 Å². The highest BCUT2D eigenvalue weighted by Gasteiger charge is 2.21. The lowest BCUT2D eigenvalue weighted by Gasteiger charge is -2.17. The summed E-state index contributed by atoms with van der Waals surface area (Å²) in [5.74, 6) is 0.722. The van der Waals surface area contributed by atoms with E-state index in [1.807, 2.05) is 30.3 Å². The van der Waals surface area contributed by atoms with Crippen LogP contribution in [0.2, 0.25) is 15.1 Å². The predicted octanol–water partition coefficient (Wildman–Crippen LogP) is 7.43. The zero-order valence-electron chi connectivity index (χ0n) is 15.3. The minimum Gasteiger partial charge on any atom is -0.453 e. The molecule has 4 nitrogen and oxygen atoms in total. The van der Waals surface area contributed by atoms with Gasteiger partial charge in [-0.25, -0.2) is 0 Å².